The van der Waals surface area contributed by atoms with E-state index in [1.165, 1.54) is 18.2 Å². The van der Waals surface area contributed by atoms with Gasteiger partial charge in [0.1, 0.15) is 5.60 Å². The topological polar surface area (TPSA) is 73.7 Å². The molecule has 7 heteroatoms. The minimum Gasteiger partial charge on any atom is -0.469 e. The largest absolute Gasteiger partial charge is 0.469 e. The SMILES string of the molecule is COC(=O)C1(Cc2cncn2C(C)c2ccc(C)cc2)CCN(C(=O)OC(C)(C)C)CC1. The molecule has 174 valence electrons. The Labute approximate surface area is 190 Å². The van der Waals surface area contributed by atoms with E-state index in [9.17, 15) is 9.59 Å². The third kappa shape index (κ3) is 5.31. The van der Waals surface area contributed by atoms with Gasteiger partial charge in [-0.15, -0.1) is 0 Å². The van der Waals surface area contributed by atoms with E-state index in [4.69, 9.17) is 9.47 Å². The van der Waals surface area contributed by atoms with Crippen molar-refractivity contribution in [2.24, 2.45) is 5.41 Å². The molecule has 1 aliphatic heterocycles. The lowest BCUT2D eigenvalue weighted by Gasteiger charge is -2.40. The molecule has 0 radical (unpaired) electrons. The summed E-state index contributed by atoms with van der Waals surface area (Å²) in [7, 11) is 1.43. The van der Waals surface area contributed by atoms with E-state index in [1.54, 1.807) is 4.90 Å². The third-order valence-corrected chi connectivity index (χ3v) is 6.23. The number of methoxy groups -OCH3 is 1. The molecule has 3 rings (SSSR count). The number of hydrogen-bond donors (Lipinski definition) is 0. The zero-order valence-electron chi connectivity index (χ0n) is 20.1. The molecule has 0 bridgehead atoms. The lowest BCUT2D eigenvalue weighted by Crippen LogP contribution is -2.49. The number of carbonyl (C=O) groups is 2. The number of aromatic nitrogens is 2. The predicted octanol–water partition coefficient (Wildman–Crippen LogP) is 4.53. The molecule has 7 nitrogen and oxygen atoms in total. The summed E-state index contributed by atoms with van der Waals surface area (Å²) in [5.74, 6) is -0.239. The molecule has 1 fully saturated rings. The number of aryl methyl sites for hydroxylation is 1. The molecule has 1 aromatic heterocycles. The smallest absolute Gasteiger partial charge is 0.410 e. The van der Waals surface area contributed by atoms with Crippen LogP contribution < -0.4 is 0 Å². The minimum atomic E-state index is -0.696. The summed E-state index contributed by atoms with van der Waals surface area (Å²) in [4.78, 5) is 31.5. The number of nitrogens with zero attached hydrogens (tertiary/aromatic N) is 3. The summed E-state index contributed by atoms with van der Waals surface area (Å²) in [6, 6.07) is 8.54. The number of imidazole rings is 1. The van der Waals surface area contributed by atoms with Gasteiger partial charge < -0.3 is 18.9 Å². The summed E-state index contributed by atoms with van der Waals surface area (Å²) in [5.41, 5.74) is 2.13. The Balaban J connectivity index is 1.78. The monoisotopic (exact) mass is 441 g/mol. The molecule has 1 aliphatic rings. The van der Waals surface area contributed by atoms with Gasteiger partial charge in [0, 0.05) is 31.4 Å². The summed E-state index contributed by atoms with van der Waals surface area (Å²) in [6.07, 6.45) is 4.86. The Bertz CT molecular complexity index is 935. The van der Waals surface area contributed by atoms with Crippen LogP contribution in [0.1, 0.15) is 63.4 Å². The van der Waals surface area contributed by atoms with Crippen LogP contribution in [-0.2, 0) is 20.7 Å². The van der Waals surface area contributed by atoms with Gasteiger partial charge in [-0.2, -0.15) is 0 Å². The van der Waals surface area contributed by atoms with E-state index in [0.717, 1.165) is 5.69 Å². The van der Waals surface area contributed by atoms with Crippen LogP contribution in [0.5, 0.6) is 0 Å². The fourth-order valence-electron chi connectivity index (χ4n) is 4.28. The number of likely N-dealkylation sites (tertiary alicyclic amines) is 1. The maximum Gasteiger partial charge on any atom is 0.410 e. The van der Waals surface area contributed by atoms with Crippen molar-refractivity contribution in [2.45, 2.75) is 65.5 Å². The Morgan fingerprint density at radius 2 is 1.78 bits per heavy atom. The summed E-state index contributed by atoms with van der Waals surface area (Å²) >= 11 is 0. The van der Waals surface area contributed by atoms with E-state index < -0.39 is 11.0 Å². The summed E-state index contributed by atoms with van der Waals surface area (Å²) < 4.78 is 12.8. The molecule has 0 saturated carbocycles. The van der Waals surface area contributed by atoms with Gasteiger partial charge in [-0.05, 0) is 53.0 Å². The number of amides is 1. The average Bonchev–Trinajstić information content (AvgIpc) is 3.20. The first-order valence-corrected chi connectivity index (χ1v) is 11.2. The fourth-order valence-corrected chi connectivity index (χ4v) is 4.28. The second-order valence-electron chi connectivity index (χ2n) is 9.79. The van der Waals surface area contributed by atoms with Crippen molar-refractivity contribution >= 4 is 12.1 Å². The quantitative estimate of drug-likeness (QED) is 0.637. The number of esters is 1. The Kier molecular flexibility index (Phi) is 6.96. The maximum absolute atomic E-state index is 12.9. The molecular formula is C25H35N3O4. The Morgan fingerprint density at radius 1 is 1.16 bits per heavy atom. The highest BCUT2D eigenvalue weighted by molar-refractivity contribution is 5.78. The van der Waals surface area contributed by atoms with Crippen molar-refractivity contribution in [3.05, 3.63) is 53.6 Å². The van der Waals surface area contributed by atoms with Crippen molar-refractivity contribution < 1.29 is 19.1 Å². The molecule has 0 aliphatic carbocycles. The third-order valence-electron chi connectivity index (χ3n) is 6.23. The van der Waals surface area contributed by atoms with Crippen LogP contribution in [0, 0.1) is 12.3 Å². The van der Waals surface area contributed by atoms with Crippen LogP contribution in [-0.4, -0.2) is 52.3 Å². The van der Waals surface area contributed by atoms with E-state index >= 15 is 0 Å². The van der Waals surface area contributed by atoms with Crippen LogP contribution in [0.25, 0.3) is 0 Å². The first-order valence-electron chi connectivity index (χ1n) is 11.2. The molecule has 0 spiro atoms. The summed E-state index contributed by atoms with van der Waals surface area (Å²) in [6.45, 7) is 10.7. The van der Waals surface area contributed by atoms with Gasteiger partial charge in [0.25, 0.3) is 0 Å². The maximum atomic E-state index is 12.9. The van der Waals surface area contributed by atoms with Gasteiger partial charge in [0.15, 0.2) is 0 Å². The van der Waals surface area contributed by atoms with E-state index in [0.29, 0.717) is 32.4 Å². The van der Waals surface area contributed by atoms with Gasteiger partial charge in [-0.3, -0.25) is 4.79 Å². The molecule has 2 aromatic rings. The van der Waals surface area contributed by atoms with Gasteiger partial charge >= 0.3 is 12.1 Å². The predicted molar refractivity (Wildman–Crippen MR) is 122 cm³/mol. The number of rotatable bonds is 5. The number of carbonyl (C=O) groups excluding carboxylic acids is 2. The average molecular weight is 442 g/mol. The van der Waals surface area contributed by atoms with Crippen LogP contribution in [0.2, 0.25) is 0 Å². The van der Waals surface area contributed by atoms with Gasteiger partial charge in [0.05, 0.1) is 24.9 Å². The van der Waals surface area contributed by atoms with Crippen molar-refractivity contribution in [3.63, 3.8) is 0 Å². The lowest BCUT2D eigenvalue weighted by atomic mass is 9.74. The van der Waals surface area contributed by atoms with Crippen molar-refractivity contribution in [1.82, 2.24) is 14.5 Å². The molecule has 1 aromatic carbocycles. The highest BCUT2D eigenvalue weighted by Gasteiger charge is 2.44. The molecule has 1 amide bonds. The van der Waals surface area contributed by atoms with Gasteiger partial charge in [-0.1, -0.05) is 29.8 Å². The summed E-state index contributed by atoms with van der Waals surface area (Å²) in [5, 5.41) is 0. The molecule has 1 atom stereocenters. The molecule has 2 heterocycles. The lowest BCUT2D eigenvalue weighted by molar-refractivity contribution is -0.156. The fraction of sp³-hybridized carbons (Fsp3) is 0.560. The molecule has 32 heavy (non-hydrogen) atoms. The standard InChI is InChI=1S/C25H35N3O4/c1-18-7-9-20(10-8-18)19(2)28-17-26-16-21(28)15-25(22(29)31-6)11-13-27(14-12-25)23(30)32-24(3,4)5/h7-10,16-17,19H,11-15H2,1-6H3. The van der Waals surface area contributed by atoms with Crippen molar-refractivity contribution in [3.8, 4) is 0 Å². The van der Waals surface area contributed by atoms with Gasteiger partial charge in [0.2, 0.25) is 0 Å². The number of benzene rings is 1. The molecule has 0 N–H and O–H groups in total. The highest BCUT2D eigenvalue weighted by atomic mass is 16.6. The normalized spacial score (nSPS) is 17.0. The first-order chi connectivity index (χ1) is 15.0. The highest BCUT2D eigenvalue weighted by Crippen LogP contribution is 2.37. The van der Waals surface area contributed by atoms with Crippen molar-refractivity contribution in [1.29, 1.82) is 0 Å². The molecular weight excluding hydrogens is 406 g/mol. The zero-order valence-corrected chi connectivity index (χ0v) is 20.1. The van der Waals surface area contributed by atoms with Crippen LogP contribution in [0.3, 0.4) is 0 Å². The van der Waals surface area contributed by atoms with E-state index in [-0.39, 0.29) is 18.1 Å². The van der Waals surface area contributed by atoms with E-state index in [2.05, 4.69) is 47.7 Å². The van der Waals surface area contributed by atoms with Crippen molar-refractivity contribution in [2.75, 3.05) is 20.2 Å². The molecule has 1 unspecified atom stereocenters. The number of hydrogen-bond acceptors (Lipinski definition) is 5. The van der Waals surface area contributed by atoms with Crippen LogP contribution in [0.15, 0.2) is 36.8 Å². The minimum absolute atomic E-state index is 0.0876. The molecule has 1 saturated heterocycles. The Hall–Kier alpha value is -2.83. The number of ether oxygens (including phenoxy) is 2. The zero-order chi connectivity index (χ0) is 23.5. The number of piperidine rings is 1. The first kappa shape index (κ1) is 23.8. The van der Waals surface area contributed by atoms with Crippen LogP contribution in [0.4, 0.5) is 4.79 Å². The Morgan fingerprint density at radius 3 is 2.34 bits per heavy atom. The van der Waals surface area contributed by atoms with Crippen LogP contribution >= 0.6 is 0 Å². The van der Waals surface area contributed by atoms with E-state index in [1.807, 2.05) is 33.3 Å². The second-order valence-corrected chi connectivity index (χ2v) is 9.79. The van der Waals surface area contributed by atoms with Gasteiger partial charge in [-0.25, -0.2) is 9.78 Å². The second kappa shape index (κ2) is 9.35.